The number of imidazole rings is 1. The van der Waals surface area contributed by atoms with Crippen molar-refractivity contribution in [3.05, 3.63) is 63.4 Å². The van der Waals surface area contributed by atoms with Crippen molar-refractivity contribution in [3.63, 3.8) is 0 Å². The number of nitrogens with one attached hydrogen (secondary N) is 2. The van der Waals surface area contributed by atoms with Crippen LogP contribution in [-0.2, 0) is 17.6 Å². The number of anilines is 1. The average Bonchev–Trinajstić information content (AvgIpc) is 3.61. The zero-order valence-corrected chi connectivity index (χ0v) is 19.7. The van der Waals surface area contributed by atoms with Gasteiger partial charge in [-0.3, -0.25) is 9.36 Å². The lowest BCUT2D eigenvalue weighted by Crippen LogP contribution is -2.37. The normalized spacial score (nSPS) is 18.5. The fourth-order valence-corrected chi connectivity index (χ4v) is 4.98. The van der Waals surface area contributed by atoms with Crippen molar-refractivity contribution in [2.45, 2.75) is 31.9 Å². The van der Waals surface area contributed by atoms with Crippen LogP contribution in [0.15, 0.2) is 40.9 Å². The molecule has 0 spiro atoms. The van der Waals surface area contributed by atoms with E-state index in [2.05, 4.69) is 32.1 Å². The third-order valence-electron chi connectivity index (χ3n) is 6.22. The van der Waals surface area contributed by atoms with Crippen molar-refractivity contribution in [2.75, 3.05) is 32.1 Å². The van der Waals surface area contributed by atoms with E-state index in [1.807, 2.05) is 41.5 Å². The molecule has 4 aromatic rings. The Hall–Kier alpha value is -3.08. The number of fused-ring (bicyclic) bond motifs is 1. The number of likely N-dealkylation sites (N-methyl/N-ethyl adjacent to an activating group) is 1. The molecule has 5 heterocycles. The number of hydrogen-bond donors (Lipinski definition) is 2. The molecule has 2 N–H and O–H groups in total. The Kier molecular flexibility index (Phi) is 5.96. The van der Waals surface area contributed by atoms with Gasteiger partial charge in [-0.05, 0) is 25.6 Å². The summed E-state index contributed by atoms with van der Waals surface area (Å²) in [5.74, 6) is 1.60. The highest BCUT2D eigenvalue weighted by Crippen LogP contribution is 2.25. The molecule has 1 saturated heterocycles. The van der Waals surface area contributed by atoms with E-state index >= 15 is 0 Å². The molecule has 0 saturated carbocycles. The fraction of sp³-hybridized carbons (Fsp3) is 0.391. The molecule has 2 atom stereocenters. The Bertz CT molecular complexity index is 1300. The number of H-pyrrole nitrogens is 1. The number of rotatable bonds is 7. The fourth-order valence-electron chi connectivity index (χ4n) is 4.36. The van der Waals surface area contributed by atoms with E-state index in [1.165, 1.54) is 11.3 Å². The molecule has 0 radical (unpaired) electrons. The molecule has 9 nitrogen and oxygen atoms in total. The maximum absolute atomic E-state index is 13.4. The van der Waals surface area contributed by atoms with Crippen LogP contribution in [0.1, 0.15) is 24.0 Å². The van der Waals surface area contributed by atoms with Gasteiger partial charge >= 0.3 is 0 Å². The molecule has 0 aliphatic carbocycles. The van der Waals surface area contributed by atoms with E-state index in [4.69, 9.17) is 9.72 Å². The quantitative estimate of drug-likeness (QED) is 0.431. The molecule has 0 amide bonds. The predicted octanol–water partition coefficient (Wildman–Crippen LogP) is 2.14. The number of methoxy groups -OCH3 is 1. The minimum atomic E-state index is -0.0319. The molecular formula is C23H27N7O2S. The lowest BCUT2D eigenvalue weighted by atomic mass is 10.1. The van der Waals surface area contributed by atoms with Gasteiger partial charge in [0.1, 0.15) is 11.6 Å². The van der Waals surface area contributed by atoms with Gasteiger partial charge in [0, 0.05) is 61.8 Å². The number of ether oxygens (including phenoxy) is 1. The number of thiazole rings is 1. The maximum Gasteiger partial charge on any atom is 0.195 e. The van der Waals surface area contributed by atoms with Crippen LogP contribution in [0.3, 0.4) is 0 Å². The SMILES string of the molecule is CCc1cnc(Cc2cn(-c3nccs3)c3nc(N4CC(NC)C(OC)C4)ccc3c2=O)[nH]1. The Balaban J connectivity index is 1.59. The van der Waals surface area contributed by atoms with Gasteiger partial charge in [0.15, 0.2) is 16.2 Å². The molecule has 1 aliphatic rings. The van der Waals surface area contributed by atoms with Gasteiger partial charge in [-0.25, -0.2) is 15.0 Å². The van der Waals surface area contributed by atoms with Crippen LogP contribution in [-0.4, -0.2) is 63.9 Å². The first-order chi connectivity index (χ1) is 16.1. The molecule has 0 bridgehead atoms. The summed E-state index contributed by atoms with van der Waals surface area (Å²) in [6.07, 6.45) is 6.81. The van der Waals surface area contributed by atoms with Crippen molar-refractivity contribution in [2.24, 2.45) is 0 Å². The standard InChI is InChI=1S/C23H27N7O2S/c1-4-15-10-26-19(27-15)9-14-11-30(23-25-7-8-33-23)22-16(21(14)31)5-6-20(28-22)29-12-17(24-2)18(13-29)32-3/h5-8,10-11,17-18,24H,4,9,12-13H2,1-3H3,(H,26,27). The molecule has 10 heteroatoms. The third kappa shape index (κ3) is 4.05. The molecule has 2 unspecified atom stereocenters. The smallest absolute Gasteiger partial charge is 0.195 e. The maximum atomic E-state index is 13.4. The molecule has 0 aromatic carbocycles. The molecule has 172 valence electrons. The Morgan fingerprint density at radius 2 is 2.18 bits per heavy atom. The van der Waals surface area contributed by atoms with Crippen molar-refractivity contribution in [1.82, 2.24) is 29.8 Å². The number of hydrogen-bond acceptors (Lipinski definition) is 8. The van der Waals surface area contributed by atoms with Crippen molar-refractivity contribution >= 4 is 28.2 Å². The van der Waals surface area contributed by atoms with Crippen LogP contribution >= 0.6 is 11.3 Å². The van der Waals surface area contributed by atoms with E-state index < -0.39 is 0 Å². The largest absolute Gasteiger partial charge is 0.378 e. The highest BCUT2D eigenvalue weighted by molar-refractivity contribution is 7.12. The first-order valence-corrected chi connectivity index (χ1v) is 11.9. The molecule has 1 fully saturated rings. The van der Waals surface area contributed by atoms with Crippen molar-refractivity contribution in [1.29, 1.82) is 0 Å². The van der Waals surface area contributed by atoms with E-state index in [0.29, 0.717) is 23.0 Å². The number of aromatic amines is 1. The van der Waals surface area contributed by atoms with Crippen LogP contribution in [0.25, 0.3) is 16.2 Å². The zero-order chi connectivity index (χ0) is 22.9. The zero-order valence-electron chi connectivity index (χ0n) is 18.9. The van der Waals surface area contributed by atoms with Gasteiger partial charge in [-0.2, -0.15) is 0 Å². The summed E-state index contributed by atoms with van der Waals surface area (Å²) in [4.78, 5) is 32.7. The lowest BCUT2D eigenvalue weighted by Gasteiger charge is -2.18. The summed E-state index contributed by atoms with van der Waals surface area (Å²) in [7, 11) is 3.68. The Morgan fingerprint density at radius 3 is 2.85 bits per heavy atom. The van der Waals surface area contributed by atoms with Gasteiger partial charge in [0.2, 0.25) is 0 Å². The molecular weight excluding hydrogens is 438 g/mol. The van der Waals surface area contributed by atoms with Crippen molar-refractivity contribution < 1.29 is 4.74 Å². The van der Waals surface area contributed by atoms with Crippen molar-refractivity contribution in [3.8, 4) is 5.13 Å². The van der Waals surface area contributed by atoms with Crippen LogP contribution in [0.5, 0.6) is 0 Å². The van der Waals surface area contributed by atoms with E-state index in [0.717, 1.165) is 42.0 Å². The minimum Gasteiger partial charge on any atom is -0.378 e. The summed E-state index contributed by atoms with van der Waals surface area (Å²) in [5, 5.41) is 6.57. The second kappa shape index (κ2) is 9.05. The lowest BCUT2D eigenvalue weighted by molar-refractivity contribution is 0.0996. The number of nitrogens with zero attached hydrogens (tertiary/aromatic N) is 5. The number of aromatic nitrogens is 5. The van der Waals surface area contributed by atoms with Crippen LogP contribution in [0.4, 0.5) is 5.82 Å². The van der Waals surface area contributed by atoms with Gasteiger partial charge in [0.25, 0.3) is 0 Å². The number of aryl methyl sites for hydroxylation is 1. The minimum absolute atomic E-state index is 0.0319. The summed E-state index contributed by atoms with van der Waals surface area (Å²) in [6.45, 7) is 3.59. The van der Waals surface area contributed by atoms with Gasteiger partial charge in [-0.1, -0.05) is 6.92 Å². The second-order valence-corrected chi connectivity index (χ2v) is 9.04. The summed E-state index contributed by atoms with van der Waals surface area (Å²) < 4.78 is 7.55. The summed E-state index contributed by atoms with van der Waals surface area (Å²) in [5.41, 5.74) is 2.28. The topological polar surface area (TPSA) is 101 Å². The van der Waals surface area contributed by atoms with Gasteiger partial charge in [0.05, 0.1) is 17.5 Å². The Labute approximate surface area is 195 Å². The van der Waals surface area contributed by atoms with Crippen LogP contribution < -0.4 is 15.6 Å². The molecule has 33 heavy (non-hydrogen) atoms. The first-order valence-electron chi connectivity index (χ1n) is 11.0. The second-order valence-electron chi connectivity index (χ2n) is 8.17. The Morgan fingerprint density at radius 1 is 1.30 bits per heavy atom. The van der Waals surface area contributed by atoms with Crippen LogP contribution in [0, 0.1) is 0 Å². The first kappa shape index (κ1) is 21.7. The highest BCUT2D eigenvalue weighted by Gasteiger charge is 2.32. The van der Waals surface area contributed by atoms with Gasteiger partial charge in [-0.15, -0.1) is 11.3 Å². The molecule has 5 rings (SSSR count). The predicted molar refractivity (Wildman–Crippen MR) is 130 cm³/mol. The summed E-state index contributed by atoms with van der Waals surface area (Å²) >= 11 is 1.51. The van der Waals surface area contributed by atoms with E-state index in [-0.39, 0.29) is 17.6 Å². The van der Waals surface area contributed by atoms with Crippen LogP contribution in [0.2, 0.25) is 0 Å². The molecule has 4 aromatic heterocycles. The number of pyridine rings is 2. The average molecular weight is 466 g/mol. The van der Waals surface area contributed by atoms with E-state index in [1.54, 1.807) is 13.3 Å². The van der Waals surface area contributed by atoms with Gasteiger partial charge < -0.3 is 19.9 Å². The summed E-state index contributed by atoms with van der Waals surface area (Å²) in [6, 6.07) is 4.02. The van der Waals surface area contributed by atoms with E-state index in [9.17, 15) is 4.79 Å². The molecule has 1 aliphatic heterocycles. The monoisotopic (exact) mass is 465 g/mol. The highest BCUT2D eigenvalue weighted by atomic mass is 32.1. The third-order valence-corrected chi connectivity index (χ3v) is 6.99.